The van der Waals surface area contributed by atoms with Crippen LogP contribution in [-0.4, -0.2) is 46.6 Å². The van der Waals surface area contributed by atoms with Crippen LogP contribution in [0, 0.1) is 17.3 Å². The van der Waals surface area contributed by atoms with Gasteiger partial charge in [0.25, 0.3) is 0 Å². The highest BCUT2D eigenvalue weighted by molar-refractivity contribution is 6.54. The number of anilines is 1. The molecule has 0 radical (unpaired) electrons. The van der Waals surface area contributed by atoms with Crippen LogP contribution in [0.25, 0.3) is 104 Å². The summed E-state index contributed by atoms with van der Waals surface area (Å²) in [5, 5.41) is 31.6. The Labute approximate surface area is 319 Å². The second-order valence-corrected chi connectivity index (χ2v) is 19.4. The lowest BCUT2D eigenvalue weighted by Crippen LogP contribution is -2.46. The number of nitrogens with zero attached hydrogens (tertiary/aromatic N) is 1. The molecule has 5 unspecified atom stereocenters. The van der Waals surface area contributed by atoms with E-state index < -0.39 is 0 Å². The molecule has 266 valence electrons. The molecule has 18 rings (SSSR count). The van der Waals surface area contributed by atoms with Gasteiger partial charge in [-0.3, -0.25) is 0 Å². The Kier molecular flexibility index (Phi) is 3.99. The number of hydrogen-bond acceptors (Lipinski definition) is 4. The first-order valence-corrected chi connectivity index (χ1v) is 21.3. The summed E-state index contributed by atoms with van der Waals surface area (Å²) in [6, 6.07) is 14.4. The van der Waals surface area contributed by atoms with Crippen LogP contribution in [0.15, 0.2) is 36.4 Å². The van der Waals surface area contributed by atoms with E-state index in [0.29, 0.717) is 50.1 Å². The fourth-order valence-electron chi connectivity index (χ4n) is 16.4. The summed E-state index contributed by atoms with van der Waals surface area (Å²) in [5.41, 5.74) is 13.6. The van der Waals surface area contributed by atoms with E-state index in [9.17, 15) is 0 Å². The molecule has 9 aromatic carbocycles. The molecule has 1 spiro atoms. The van der Waals surface area contributed by atoms with E-state index in [1.54, 1.807) is 142 Å². The maximum absolute atomic E-state index is 6.11. The van der Waals surface area contributed by atoms with E-state index in [0.717, 1.165) is 31.7 Å². The molecule has 0 aromatic heterocycles. The van der Waals surface area contributed by atoms with E-state index in [4.69, 9.17) is 14.2 Å². The minimum Gasteiger partial charge on any atom is -0.491 e. The van der Waals surface area contributed by atoms with Crippen LogP contribution < -0.4 is 35.7 Å². The van der Waals surface area contributed by atoms with Gasteiger partial charge in [0.05, 0.1) is 19.8 Å². The number of methoxy groups -OCH3 is 1. The standard InChI is InChI=1S/C52H35NO3/c1-54-6-7-55-8-9-56-28-4-2-27(3-5-28)53-18-30-29-16-25-14-22-12-23-11-20-10-21-13-24-15-26-17-52(30,19-53)51-37(26)42-36(24)41-32(21)31(20)39-35(23)40-33(22)34(25)43-38(29)50(51)49-47(42)45(41)44(39)46(40)48(43)49/h2-5,11-13,15,20,26,30,37H,6-10,14,16-19H2,1H3. The van der Waals surface area contributed by atoms with Gasteiger partial charge in [0.15, 0.2) is 0 Å². The summed E-state index contributed by atoms with van der Waals surface area (Å²) < 4.78 is 16.9. The summed E-state index contributed by atoms with van der Waals surface area (Å²) in [6.45, 7) is 4.55. The van der Waals surface area contributed by atoms with Crippen molar-refractivity contribution in [1.82, 2.24) is 0 Å². The Morgan fingerprint density at radius 1 is 0.679 bits per heavy atom. The average molecular weight is 722 g/mol. The van der Waals surface area contributed by atoms with Crippen LogP contribution in [0.1, 0.15) is 46.9 Å². The van der Waals surface area contributed by atoms with Crippen molar-refractivity contribution in [3.8, 4) is 5.75 Å². The molecule has 1 saturated carbocycles. The van der Waals surface area contributed by atoms with Gasteiger partial charge >= 0.3 is 0 Å². The molecule has 2 fully saturated rings. The second kappa shape index (κ2) is 8.14. The van der Waals surface area contributed by atoms with Gasteiger partial charge in [-0.05, 0) is 185 Å². The van der Waals surface area contributed by atoms with Crippen LogP contribution in [-0.2, 0) is 22.3 Å². The lowest BCUT2D eigenvalue weighted by atomic mass is 9.63. The molecule has 56 heavy (non-hydrogen) atoms. The summed E-state index contributed by atoms with van der Waals surface area (Å²) >= 11 is 0. The van der Waals surface area contributed by atoms with Gasteiger partial charge in [-0.25, -0.2) is 0 Å². The average Bonchev–Trinajstić information content (AvgIpc) is 4.06. The van der Waals surface area contributed by atoms with Gasteiger partial charge < -0.3 is 19.1 Å². The summed E-state index contributed by atoms with van der Waals surface area (Å²) in [5.74, 6) is 3.03. The molecule has 9 aliphatic rings. The zero-order valence-corrected chi connectivity index (χ0v) is 31.2. The number of hydrogen-bond donors (Lipinski definition) is 0. The van der Waals surface area contributed by atoms with Crippen molar-refractivity contribution in [1.29, 1.82) is 0 Å². The largest absolute Gasteiger partial charge is 0.491 e. The number of rotatable bonds is 8. The maximum atomic E-state index is 6.11. The van der Waals surface area contributed by atoms with Crippen LogP contribution in [0.3, 0.4) is 0 Å². The number of ether oxygens (including phenoxy) is 3. The topological polar surface area (TPSA) is 30.9 Å². The van der Waals surface area contributed by atoms with Crippen molar-refractivity contribution < 1.29 is 14.2 Å². The van der Waals surface area contributed by atoms with E-state index in [1.165, 1.54) is 18.5 Å². The molecule has 8 aliphatic carbocycles. The van der Waals surface area contributed by atoms with Crippen molar-refractivity contribution >= 4 is 110 Å². The van der Waals surface area contributed by atoms with E-state index in [1.807, 2.05) is 5.57 Å². The molecule has 1 saturated heterocycles. The Hall–Kier alpha value is -5.16. The normalized spacial score (nSPS) is 27.2. The summed E-state index contributed by atoms with van der Waals surface area (Å²) in [7, 11) is 1.71. The van der Waals surface area contributed by atoms with Gasteiger partial charge in [-0.2, -0.15) is 0 Å². The van der Waals surface area contributed by atoms with Crippen LogP contribution in [0.5, 0.6) is 5.75 Å². The summed E-state index contributed by atoms with van der Waals surface area (Å²) in [6.07, 6.45) is 10.3. The van der Waals surface area contributed by atoms with Crippen molar-refractivity contribution in [2.45, 2.75) is 37.5 Å². The number of fused-ring (bicyclic) bond motifs is 1. The lowest BCUT2D eigenvalue weighted by molar-refractivity contribution is 0.0544. The molecule has 0 amide bonds. The predicted octanol–water partition coefficient (Wildman–Crippen LogP) is 6.16. The first-order valence-electron chi connectivity index (χ1n) is 21.3. The summed E-state index contributed by atoms with van der Waals surface area (Å²) in [4.78, 5) is 2.78. The van der Waals surface area contributed by atoms with Gasteiger partial charge in [0, 0.05) is 49.1 Å². The molecule has 0 N–H and O–H groups in total. The van der Waals surface area contributed by atoms with Gasteiger partial charge in [0.2, 0.25) is 0 Å². The van der Waals surface area contributed by atoms with Crippen LogP contribution in [0.2, 0.25) is 0 Å². The van der Waals surface area contributed by atoms with E-state index in [-0.39, 0.29) is 5.41 Å². The third kappa shape index (κ3) is 2.42. The third-order valence-electron chi connectivity index (χ3n) is 17.6. The van der Waals surface area contributed by atoms with Crippen LogP contribution >= 0.6 is 0 Å². The molecular formula is C52H35NO3. The highest BCUT2D eigenvalue weighted by Crippen LogP contribution is 2.70. The monoisotopic (exact) mass is 721 g/mol. The molecular weight excluding hydrogens is 687 g/mol. The quantitative estimate of drug-likeness (QED) is 0.139. The molecule has 9 aromatic rings. The van der Waals surface area contributed by atoms with E-state index >= 15 is 0 Å². The zero-order chi connectivity index (χ0) is 35.4. The highest BCUT2D eigenvalue weighted by Gasteiger charge is 2.62. The van der Waals surface area contributed by atoms with Crippen molar-refractivity contribution in [2.75, 3.05) is 51.5 Å². The van der Waals surface area contributed by atoms with Crippen molar-refractivity contribution in [3.63, 3.8) is 0 Å². The zero-order valence-electron chi connectivity index (χ0n) is 31.2. The molecule has 5 atom stereocenters. The van der Waals surface area contributed by atoms with Gasteiger partial charge in [-0.1, -0.05) is 35.4 Å². The molecule has 4 heteroatoms. The maximum Gasteiger partial charge on any atom is 0.119 e. The third-order valence-corrected chi connectivity index (χ3v) is 17.6. The lowest BCUT2D eigenvalue weighted by Gasteiger charge is -2.39. The fourth-order valence-corrected chi connectivity index (χ4v) is 16.4. The Morgan fingerprint density at radius 3 is 2.38 bits per heavy atom. The minimum absolute atomic E-state index is 0.150. The highest BCUT2D eigenvalue weighted by atomic mass is 16.5. The SMILES string of the molecule is COCCOCCOc1ccc(N2CC3C4=c5c6c7c8c9c%10c(cc%11c%12c%13c%14c%15c(cc%16c%17c(c5c7c(c%17%15)c%14c8c%12%10)=C(C4)C%16)=CC%13C%11)=CC4CC3(C2)C=6C94)cc1. The van der Waals surface area contributed by atoms with Crippen molar-refractivity contribution in [2.24, 2.45) is 17.3 Å². The smallest absolute Gasteiger partial charge is 0.119 e. The Balaban J connectivity index is 0.954. The van der Waals surface area contributed by atoms with Gasteiger partial charge in [0.1, 0.15) is 12.4 Å². The van der Waals surface area contributed by atoms with Gasteiger partial charge in [-0.15, -0.1) is 0 Å². The predicted molar refractivity (Wildman–Crippen MR) is 225 cm³/mol. The van der Waals surface area contributed by atoms with Crippen LogP contribution in [0.4, 0.5) is 5.69 Å². The first-order chi connectivity index (χ1) is 27.7. The fraction of sp³-hybridized carbons (Fsp3) is 0.308. The first kappa shape index (κ1) is 27.4. The Morgan fingerprint density at radius 2 is 1.46 bits per heavy atom. The Bertz CT molecular complexity index is 3840. The molecule has 0 bridgehead atoms. The molecule has 1 aliphatic heterocycles. The molecule has 1 heterocycles. The van der Waals surface area contributed by atoms with E-state index in [2.05, 4.69) is 53.5 Å². The molecule has 4 nitrogen and oxygen atoms in total. The number of benzene rings is 6. The second-order valence-electron chi connectivity index (χ2n) is 19.4. The van der Waals surface area contributed by atoms with Crippen molar-refractivity contribution in [3.05, 3.63) is 84.7 Å². The minimum atomic E-state index is 0.150.